The summed E-state index contributed by atoms with van der Waals surface area (Å²) in [6, 6.07) is 11.2. The molecule has 0 aliphatic heterocycles. The lowest BCUT2D eigenvalue weighted by atomic mass is 10.0. The first-order valence-corrected chi connectivity index (χ1v) is 7.12. The molecule has 0 N–H and O–H groups in total. The van der Waals surface area contributed by atoms with Gasteiger partial charge in [-0.3, -0.25) is 4.39 Å². The summed E-state index contributed by atoms with van der Waals surface area (Å²) in [5.41, 5.74) is 2.92. The average Bonchev–Trinajstić information content (AvgIpc) is 2.41. The zero-order chi connectivity index (χ0) is 14.5. The minimum absolute atomic E-state index is 0.364. The normalized spacial score (nSPS) is 10.6. The van der Waals surface area contributed by atoms with Gasteiger partial charge in [0.05, 0.1) is 13.3 Å². The van der Waals surface area contributed by atoms with E-state index in [-0.39, 0.29) is 6.67 Å². The van der Waals surface area contributed by atoms with Crippen LogP contribution in [0.1, 0.15) is 12.0 Å². The summed E-state index contributed by atoms with van der Waals surface area (Å²) in [7, 11) is 0. The highest BCUT2D eigenvalue weighted by Crippen LogP contribution is 2.32. The standard InChI is InChI=1S/C16H15Cl2FO/c1-11-9-12(3-6-16(11)20-8-2-7-19)14-5-4-13(17)10-15(14)18/h3-6,9-10H,2,7-8H2,1H3. The molecule has 0 fully saturated rings. The molecule has 0 heterocycles. The molecular formula is C16H15Cl2FO. The quantitative estimate of drug-likeness (QED) is 0.643. The van der Waals surface area contributed by atoms with Crippen LogP contribution in [-0.4, -0.2) is 13.3 Å². The molecule has 0 atom stereocenters. The highest BCUT2D eigenvalue weighted by Gasteiger charge is 2.07. The molecule has 106 valence electrons. The molecule has 0 aliphatic rings. The Hall–Kier alpha value is -1.25. The first kappa shape index (κ1) is 15.1. The van der Waals surface area contributed by atoms with Gasteiger partial charge in [-0.15, -0.1) is 0 Å². The number of alkyl halides is 1. The van der Waals surface area contributed by atoms with Crippen LogP contribution in [0.3, 0.4) is 0 Å². The molecule has 0 spiro atoms. The molecule has 2 rings (SSSR count). The van der Waals surface area contributed by atoms with Gasteiger partial charge < -0.3 is 4.74 Å². The predicted molar refractivity (Wildman–Crippen MR) is 82.7 cm³/mol. The second-order valence-electron chi connectivity index (χ2n) is 4.50. The van der Waals surface area contributed by atoms with Crippen LogP contribution in [0, 0.1) is 6.92 Å². The van der Waals surface area contributed by atoms with Crippen molar-refractivity contribution in [3.63, 3.8) is 0 Å². The van der Waals surface area contributed by atoms with Crippen molar-refractivity contribution >= 4 is 23.2 Å². The zero-order valence-electron chi connectivity index (χ0n) is 11.1. The Morgan fingerprint density at radius 2 is 1.90 bits per heavy atom. The number of halogens is 3. The minimum atomic E-state index is -0.364. The third kappa shape index (κ3) is 3.65. The molecule has 0 aliphatic carbocycles. The lowest BCUT2D eigenvalue weighted by Gasteiger charge is -2.11. The topological polar surface area (TPSA) is 9.23 Å². The SMILES string of the molecule is Cc1cc(-c2ccc(Cl)cc2Cl)ccc1OCCCF. The van der Waals surface area contributed by atoms with Crippen molar-refractivity contribution in [2.45, 2.75) is 13.3 Å². The predicted octanol–water partition coefficient (Wildman–Crippen LogP) is 5.71. The van der Waals surface area contributed by atoms with E-state index >= 15 is 0 Å². The number of ether oxygens (including phenoxy) is 1. The summed E-state index contributed by atoms with van der Waals surface area (Å²) in [5.74, 6) is 0.771. The Morgan fingerprint density at radius 3 is 2.55 bits per heavy atom. The average molecular weight is 313 g/mol. The molecule has 2 aromatic rings. The first-order valence-electron chi connectivity index (χ1n) is 6.36. The van der Waals surface area contributed by atoms with Gasteiger partial charge in [-0.05, 0) is 42.3 Å². The van der Waals surface area contributed by atoms with E-state index < -0.39 is 0 Å². The van der Waals surface area contributed by atoms with Gasteiger partial charge in [0.2, 0.25) is 0 Å². The van der Waals surface area contributed by atoms with Crippen molar-refractivity contribution in [1.29, 1.82) is 0 Å². The van der Waals surface area contributed by atoms with Gasteiger partial charge in [0.25, 0.3) is 0 Å². The summed E-state index contributed by atoms with van der Waals surface area (Å²) in [6.07, 6.45) is 0.407. The van der Waals surface area contributed by atoms with E-state index in [4.69, 9.17) is 27.9 Å². The molecule has 0 saturated carbocycles. The van der Waals surface area contributed by atoms with Gasteiger partial charge in [0.1, 0.15) is 5.75 Å². The van der Waals surface area contributed by atoms with E-state index in [1.807, 2.05) is 37.3 Å². The summed E-state index contributed by atoms with van der Waals surface area (Å²) in [5, 5.41) is 1.23. The molecular weight excluding hydrogens is 298 g/mol. The Labute approximate surface area is 128 Å². The maximum absolute atomic E-state index is 12.1. The van der Waals surface area contributed by atoms with E-state index in [1.165, 1.54) is 0 Å². The van der Waals surface area contributed by atoms with E-state index in [9.17, 15) is 4.39 Å². The molecule has 0 radical (unpaired) electrons. The number of hydrogen-bond donors (Lipinski definition) is 0. The van der Waals surface area contributed by atoms with Crippen LogP contribution in [-0.2, 0) is 0 Å². The molecule has 1 nitrogen and oxygen atoms in total. The van der Waals surface area contributed by atoms with Gasteiger partial charge in [-0.2, -0.15) is 0 Å². The Kier molecular flexibility index (Phi) is 5.27. The maximum Gasteiger partial charge on any atom is 0.122 e. The molecule has 0 saturated heterocycles. The highest BCUT2D eigenvalue weighted by atomic mass is 35.5. The molecule has 2 aromatic carbocycles. The van der Waals surface area contributed by atoms with Crippen molar-refractivity contribution in [1.82, 2.24) is 0 Å². The summed E-state index contributed by atoms with van der Waals surface area (Å²) in [4.78, 5) is 0. The Bertz CT molecular complexity index is 599. The van der Waals surface area contributed by atoms with Crippen LogP contribution >= 0.6 is 23.2 Å². The van der Waals surface area contributed by atoms with E-state index in [2.05, 4.69) is 0 Å². The third-order valence-electron chi connectivity index (χ3n) is 2.95. The van der Waals surface area contributed by atoms with E-state index in [1.54, 1.807) is 6.07 Å². The largest absolute Gasteiger partial charge is 0.493 e. The fourth-order valence-electron chi connectivity index (χ4n) is 1.94. The molecule has 4 heteroatoms. The Morgan fingerprint density at radius 1 is 1.10 bits per heavy atom. The molecule has 0 amide bonds. The number of hydrogen-bond acceptors (Lipinski definition) is 1. The van der Waals surface area contributed by atoms with Gasteiger partial charge in [0, 0.05) is 22.0 Å². The van der Waals surface area contributed by atoms with Crippen molar-refractivity contribution in [2.24, 2.45) is 0 Å². The maximum atomic E-state index is 12.1. The lowest BCUT2D eigenvalue weighted by Crippen LogP contribution is -1.99. The number of rotatable bonds is 5. The van der Waals surface area contributed by atoms with Crippen LogP contribution in [0.5, 0.6) is 5.75 Å². The van der Waals surface area contributed by atoms with Crippen molar-refractivity contribution in [3.8, 4) is 16.9 Å². The Balaban J connectivity index is 2.24. The number of aryl methyl sites for hydroxylation is 1. The monoisotopic (exact) mass is 312 g/mol. The minimum Gasteiger partial charge on any atom is -0.493 e. The van der Waals surface area contributed by atoms with E-state index in [0.717, 1.165) is 22.4 Å². The fourth-order valence-corrected chi connectivity index (χ4v) is 2.46. The number of benzene rings is 2. The van der Waals surface area contributed by atoms with Crippen LogP contribution in [0.25, 0.3) is 11.1 Å². The fraction of sp³-hybridized carbons (Fsp3) is 0.250. The zero-order valence-corrected chi connectivity index (χ0v) is 12.6. The van der Waals surface area contributed by atoms with Crippen LogP contribution in [0.2, 0.25) is 10.0 Å². The van der Waals surface area contributed by atoms with Gasteiger partial charge in [0.15, 0.2) is 0 Å². The summed E-state index contributed by atoms with van der Waals surface area (Å²) in [6.45, 7) is 1.98. The van der Waals surface area contributed by atoms with Crippen LogP contribution < -0.4 is 4.74 Å². The highest BCUT2D eigenvalue weighted by molar-refractivity contribution is 6.36. The van der Waals surface area contributed by atoms with E-state index in [0.29, 0.717) is 23.1 Å². The summed E-state index contributed by atoms with van der Waals surface area (Å²) < 4.78 is 17.6. The molecule has 0 aromatic heterocycles. The molecule has 20 heavy (non-hydrogen) atoms. The third-order valence-corrected chi connectivity index (χ3v) is 3.50. The van der Waals surface area contributed by atoms with Gasteiger partial charge >= 0.3 is 0 Å². The summed E-state index contributed by atoms with van der Waals surface area (Å²) >= 11 is 12.1. The second-order valence-corrected chi connectivity index (χ2v) is 5.34. The second kappa shape index (κ2) is 6.96. The van der Waals surface area contributed by atoms with Crippen LogP contribution in [0.4, 0.5) is 4.39 Å². The van der Waals surface area contributed by atoms with Crippen molar-refractivity contribution in [2.75, 3.05) is 13.3 Å². The lowest BCUT2D eigenvalue weighted by molar-refractivity contribution is 0.288. The first-order chi connectivity index (χ1) is 9.61. The van der Waals surface area contributed by atoms with Gasteiger partial charge in [-0.1, -0.05) is 35.3 Å². The molecule has 0 bridgehead atoms. The van der Waals surface area contributed by atoms with Crippen LogP contribution in [0.15, 0.2) is 36.4 Å². The van der Waals surface area contributed by atoms with Gasteiger partial charge in [-0.25, -0.2) is 0 Å². The molecule has 0 unspecified atom stereocenters. The van der Waals surface area contributed by atoms with Crippen molar-refractivity contribution < 1.29 is 9.13 Å². The van der Waals surface area contributed by atoms with Crippen molar-refractivity contribution in [3.05, 3.63) is 52.0 Å². The smallest absolute Gasteiger partial charge is 0.122 e.